The zero-order valence-electron chi connectivity index (χ0n) is 21.0. The second kappa shape index (κ2) is 8.94. The smallest absolute Gasteiger partial charge is 0.129 e. The number of aromatic nitrogens is 1. The fourth-order valence-electron chi connectivity index (χ4n) is 5.47. The van der Waals surface area contributed by atoms with Crippen molar-refractivity contribution >= 4 is 230 Å². The highest BCUT2D eigenvalue weighted by Gasteiger charge is 2.25. The summed E-state index contributed by atoms with van der Waals surface area (Å²) < 4.78 is 6.04. The van der Waals surface area contributed by atoms with Crippen molar-refractivity contribution in [3.63, 3.8) is 0 Å². The van der Waals surface area contributed by atoms with Gasteiger partial charge in [-0.15, -0.1) is 27.3 Å². The largest absolute Gasteiger partial charge is 0.457 e. The summed E-state index contributed by atoms with van der Waals surface area (Å²) in [6.07, 6.45) is 0. The molecular weight excluding hydrogens is 470 g/mol. The van der Waals surface area contributed by atoms with E-state index in [9.17, 15) is 0 Å². The summed E-state index contributed by atoms with van der Waals surface area (Å²) >= 11 is 0. The first kappa shape index (κ1) is 27.6. The molecule has 40 heavy (non-hydrogen) atoms. The van der Waals surface area contributed by atoms with Gasteiger partial charge in [0.15, 0.2) is 0 Å². The minimum absolute atomic E-state index is 0.0124. The van der Waals surface area contributed by atoms with Crippen molar-refractivity contribution < 1.29 is 4.42 Å². The van der Waals surface area contributed by atoms with Gasteiger partial charge < -0.3 is 9.40 Å². The van der Waals surface area contributed by atoms with E-state index in [4.69, 9.17) is 114 Å². The van der Waals surface area contributed by atoms with E-state index in [1.165, 1.54) is 0 Å². The van der Waals surface area contributed by atoms with Gasteiger partial charge in [0.1, 0.15) is 121 Å². The van der Waals surface area contributed by atoms with Crippen molar-refractivity contribution in [2.75, 3.05) is 0 Å². The molecule has 2 aromatic heterocycles. The predicted octanol–water partition coefficient (Wildman–Crippen LogP) is -10.00. The van der Waals surface area contributed by atoms with Crippen LogP contribution in [0.2, 0.25) is 0 Å². The third kappa shape index (κ3) is 3.26. The lowest BCUT2D eigenvalue weighted by Gasteiger charge is -2.26. The lowest BCUT2D eigenvalue weighted by Crippen LogP contribution is -2.56. The summed E-state index contributed by atoms with van der Waals surface area (Å²) in [7, 11) is 88.6. The Kier molecular flexibility index (Phi) is 6.16. The summed E-state index contributed by atoms with van der Waals surface area (Å²) in [5.41, 5.74) is 2.52. The van der Waals surface area contributed by atoms with Crippen molar-refractivity contribution in [3.8, 4) is 11.1 Å². The summed E-state index contributed by atoms with van der Waals surface area (Å²) in [6.45, 7) is 0. The van der Waals surface area contributed by atoms with Crippen LogP contribution in [-0.2, 0) is 0 Å². The Hall–Kier alpha value is -2.61. The van der Waals surface area contributed by atoms with Gasteiger partial charge in [0.2, 0.25) is 0 Å². The summed E-state index contributed by atoms with van der Waals surface area (Å²) in [5.74, 6) is 0. The Labute approximate surface area is 249 Å². The van der Waals surface area contributed by atoms with Gasteiger partial charge in [0.05, 0.1) is 10.9 Å². The van der Waals surface area contributed by atoms with E-state index in [0.717, 1.165) is 0 Å². The minimum atomic E-state index is 0.0124. The maximum atomic E-state index is 6.78. The van der Waals surface area contributed by atoms with Gasteiger partial charge in [-0.25, -0.2) is 0 Å². The van der Waals surface area contributed by atoms with Gasteiger partial charge in [0, 0.05) is 10.9 Å². The highest BCUT2D eigenvalue weighted by atomic mass is 16.3. The van der Waals surface area contributed by atoms with Gasteiger partial charge >= 0.3 is 0 Å². The molecule has 150 valence electrons. The van der Waals surface area contributed by atoms with Gasteiger partial charge in [-0.3, -0.25) is 0 Å². The molecule has 0 fully saturated rings. The molecule has 2 heterocycles. The highest BCUT2D eigenvalue weighted by molar-refractivity contribution is 6.72. The lowest BCUT2D eigenvalue weighted by molar-refractivity contribution is 0.675. The third-order valence-electron chi connectivity index (χ3n) is 7.66. The van der Waals surface area contributed by atoms with E-state index in [1.807, 2.05) is 0 Å². The fourth-order valence-corrected chi connectivity index (χ4v) is 5.47. The molecule has 4 aromatic carbocycles. The van der Waals surface area contributed by atoms with E-state index < -0.39 is 0 Å². The molecule has 1 N–H and O–H groups in total. The molecule has 0 spiro atoms. The molecule has 0 saturated carbocycles. The van der Waals surface area contributed by atoms with Gasteiger partial charge in [0.25, 0.3) is 0 Å². The summed E-state index contributed by atoms with van der Waals surface area (Å²) in [4.78, 5) is 3.26. The molecule has 0 aliphatic heterocycles. The number of hydrogen-bond donors (Lipinski definition) is 1. The van der Waals surface area contributed by atoms with E-state index in [0.29, 0.717) is 32.6 Å². The number of hydrogen-bond acceptors (Lipinski definition) is 1. The molecular formula is C24HB14NO. The molecule has 0 unspecified atom stereocenters. The normalized spacial score (nSPS) is 11.9. The topological polar surface area (TPSA) is 28.9 Å². The Bertz CT molecular complexity index is 2130. The molecule has 6 aromatic rings. The predicted molar refractivity (Wildman–Crippen MR) is 184 cm³/mol. The quantitative estimate of drug-likeness (QED) is 0.238. The molecule has 0 amide bonds. The van der Waals surface area contributed by atoms with Crippen LogP contribution in [0.1, 0.15) is 0 Å². The Balaban J connectivity index is 1.90. The van der Waals surface area contributed by atoms with Crippen LogP contribution in [0.25, 0.3) is 54.9 Å². The van der Waals surface area contributed by atoms with Crippen LogP contribution in [0.15, 0.2) is 4.42 Å². The first-order valence-electron chi connectivity index (χ1n) is 11.7. The molecule has 0 bridgehead atoms. The second-order valence-electron chi connectivity index (χ2n) is 9.68. The number of rotatable bonds is 1. The molecule has 2 nitrogen and oxygen atoms in total. The first-order chi connectivity index (χ1) is 18.7. The SMILES string of the molecule is [B]c1c([B])c([B])c(-c2c([B])c([B])c3[nH]c4c(c([B])c([B])c5oc6c([B])c([B])c([B])c([B])c6c54)c3c2[B])c([B])c1[B]. The third-order valence-corrected chi connectivity index (χ3v) is 7.66. The lowest BCUT2D eigenvalue weighted by atomic mass is 9.57. The molecule has 6 rings (SSSR count). The van der Waals surface area contributed by atoms with Gasteiger partial charge in [-0.05, 0) is 21.9 Å². The van der Waals surface area contributed by atoms with Crippen LogP contribution < -0.4 is 76.5 Å². The van der Waals surface area contributed by atoms with Crippen molar-refractivity contribution in [2.45, 2.75) is 0 Å². The molecule has 0 aliphatic rings. The average Bonchev–Trinajstić information content (AvgIpc) is 3.52. The Morgan fingerprint density at radius 1 is 0.300 bits per heavy atom. The number of nitrogens with one attached hydrogen (secondary N) is 1. The zero-order valence-corrected chi connectivity index (χ0v) is 21.0. The number of benzene rings is 4. The van der Waals surface area contributed by atoms with Gasteiger partial charge in [-0.1, -0.05) is 49.2 Å². The summed E-state index contributed by atoms with van der Waals surface area (Å²) in [6, 6.07) is 0. The van der Waals surface area contributed by atoms with Crippen LogP contribution in [-0.4, -0.2) is 115 Å². The van der Waals surface area contributed by atoms with E-state index in [1.54, 1.807) is 0 Å². The first-order valence-corrected chi connectivity index (χ1v) is 11.7. The average molecular weight is 471 g/mol. The monoisotopic (exact) mass is 473 g/mol. The molecule has 0 saturated heterocycles. The number of fused-ring (bicyclic) bond motifs is 7. The second-order valence-corrected chi connectivity index (χ2v) is 9.68. The Morgan fingerprint density at radius 3 is 1.27 bits per heavy atom. The van der Waals surface area contributed by atoms with Crippen LogP contribution in [0.5, 0.6) is 0 Å². The van der Waals surface area contributed by atoms with Crippen LogP contribution in [0.3, 0.4) is 0 Å². The van der Waals surface area contributed by atoms with Crippen LogP contribution in [0.4, 0.5) is 0 Å². The number of H-pyrrole nitrogens is 1. The number of furan rings is 1. The molecule has 0 aliphatic carbocycles. The fraction of sp³-hybridized carbons (Fsp3) is 0. The van der Waals surface area contributed by atoms with Crippen LogP contribution >= 0.6 is 0 Å². The van der Waals surface area contributed by atoms with Crippen molar-refractivity contribution in [1.29, 1.82) is 0 Å². The van der Waals surface area contributed by atoms with E-state index >= 15 is 0 Å². The Morgan fingerprint density at radius 2 is 0.675 bits per heavy atom. The van der Waals surface area contributed by atoms with Crippen molar-refractivity contribution in [3.05, 3.63) is 0 Å². The standard InChI is InChI=1S/C24HB14NO/c25-7-1(2-8(26)13(31)16(34)14(32)9(2)27)10(28)18(36)22-3(7)4-11(29)19(37)24-6(21(4)39-22)5-12(30)15(33)17(35)20(38)23(5)40-24/h39H. The highest BCUT2D eigenvalue weighted by Crippen LogP contribution is 2.33. The number of aromatic amines is 1. The summed E-state index contributed by atoms with van der Waals surface area (Å²) in [5, 5.41) is 1.58. The van der Waals surface area contributed by atoms with E-state index in [2.05, 4.69) is 4.98 Å². The van der Waals surface area contributed by atoms with Gasteiger partial charge in [-0.2, -0.15) is 0 Å². The zero-order chi connectivity index (χ0) is 29.3. The minimum Gasteiger partial charge on any atom is -0.457 e. The van der Waals surface area contributed by atoms with Crippen molar-refractivity contribution in [1.82, 2.24) is 4.98 Å². The maximum Gasteiger partial charge on any atom is 0.129 e. The molecule has 16 heteroatoms. The maximum absolute atomic E-state index is 6.78. The molecule has 0 atom stereocenters. The van der Waals surface area contributed by atoms with E-state index in [-0.39, 0.29) is 98.8 Å². The molecule has 28 radical (unpaired) electrons. The van der Waals surface area contributed by atoms with Crippen molar-refractivity contribution in [2.24, 2.45) is 0 Å². The van der Waals surface area contributed by atoms with Crippen LogP contribution in [0, 0.1) is 0 Å².